The Morgan fingerprint density at radius 3 is 1.48 bits per heavy atom. The Morgan fingerprint density at radius 1 is 0.667 bits per heavy atom. The van der Waals surface area contributed by atoms with Gasteiger partial charge in [-0.15, -0.1) is 0 Å². The van der Waals surface area contributed by atoms with E-state index in [9.17, 15) is 9.59 Å². The Labute approximate surface area is 195 Å². The molecule has 4 rings (SSSR count). The van der Waals surface area contributed by atoms with Crippen LogP contribution in [0.25, 0.3) is 0 Å². The largest absolute Gasteiger partial charge is 0.379 e. The summed E-state index contributed by atoms with van der Waals surface area (Å²) in [6, 6.07) is 5.99. The molecule has 0 saturated carbocycles. The number of pyridine rings is 1. The van der Waals surface area contributed by atoms with Crippen molar-refractivity contribution < 1.29 is 23.8 Å². The third kappa shape index (κ3) is 7.44. The van der Waals surface area contributed by atoms with Crippen LogP contribution in [0, 0.1) is 0 Å². The second-order valence-corrected chi connectivity index (χ2v) is 8.64. The van der Waals surface area contributed by atoms with Crippen molar-refractivity contribution >= 4 is 11.8 Å². The van der Waals surface area contributed by atoms with Gasteiger partial charge in [0.05, 0.1) is 64.1 Å². The molecule has 2 bridgehead atoms. The zero-order valence-electron chi connectivity index (χ0n) is 19.3. The second kappa shape index (κ2) is 12.4. The molecule has 2 amide bonds. The van der Waals surface area contributed by atoms with Gasteiger partial charge in [-0.3, -0.25) is 24.4 Å². The first-order valence-electron chi connectivity index (χ1n) is 11.9. The number of carbonyl (C=O) groups is 2. The maximum atomic E-state index is 12.8. The fourth-order valence-electron chi connectivity index (χ4n) is 4.29. The van der Waals surface area contributed by atoms with Crippen LogP contribution in [0.5, 0.6) is 0 Å². The van der Waals surface area contributed by atoms with Crippen LogP contribution in [0.15, 0.2) is 18.2 Å². The fourth-order valence-corrected chi connectivity index (χ4v) is 4.29. The lowest BCUT2D eigenvalue weighted by Gasteiger charge is -2.31. The molecule has 0 radical (unpaired) electrons. The van der Waals surface area contributed by atoms with E-state index in [1.807, 2.05) is 28.0 Å². The van der Waals surface area contributed by atoms with Gasteiger partial charge in [0, 0.05) is 52.4 Å². The topological polar surface area (TPSA) is 87.7 Å². The number of nitrogens with zero attached hydrogens (tertiary/aromatic N) is 5. The minimum atomic E-state index is 0.120. The zero-order valence-corrected chi connectivity index (χ0v) is 19.3. The summed E-state index contributed by atoms with van der Waals surface area (Å²) in [4.78, 5) is 38.3. The van der Waals surface area contributed by atoms with E-state index in [4.69, 9.17) is 19.2 Å². The maximum Gasteiger partial charge on any atom is 0.236 e. The van der Waals surface area contributed by atoms with Gasteiger partial charge in [-0.25, -0.2) is 0 Å². The summed E-state index contributed by atoms with van der Waals surface area (Å²) in [6.45, 7) is 9.20. The van der Waals surface area contributed by atoms with Crippen molar-refractivity contribution in [2.24, 2.45) is 0 Å². The quantitative estimate of drug-likeness (QED) is 0.590. The van der Waals surface area contributed by atoms with Crippen LogP contribution in [0.1, 0.15) is 11.4 Å². The molecule has 10 heteroatoms. The van der Waals surface area contributed by atoms with E-state index in [1.54, 1.807) is 0 Å². The lowest BCUT2D eigenvalue weighted by molar-refractivity contribution is -0.137. The van der Waals surface area contributed by atoms with E-state index < -0.39 is 0 Å². The molecule has 0 atom stereocenters. The lowest BCUT2D eigenvalue weighted by Crippen LogP contribution is -2.47. The summed E-state index contributed by atoms with van der Waals surface area (Å²) < 4.78 is 16.6. The molecule has 10 nitrogen and oxygen atoms in total. The molecular weight excluding hydrogens is 426 g/mol. The van der Waals surface area contributed by atoms with Crippen LogP contribution >= 0.6 is 0 Å². The molecule has 0 unspecified atom stereocenters. The van der Waals surface area contributed by atoms with Gasteiger partial charge in [0.2, 0.25) is 11.8 Å². The number of fused-ring (bicyclic) bond motifs is 2. The summed E-state index contributed by atoms with van der Waals surface area (Å²) in [6.07, 6.45) is 0. The molecule has 182 valence electrons. The van der Waals surface area contributed by atoms with Crippen LogP contribution in [0.2, 0.25) is 0 Å². The first-order chi connectivity index (χ1) is 16.2. The summed E-state index contributed by atoms with van der Waals surface area (Å²) >= 11 is 0. The number of rotatable bonds is 4. The Morgan fingerprint density at radius 2 is 1.06 bits per heavy atom. The van der Waals surface area contributed by atoms with Crippen molar-refractivity contribution in [2.45, 2.75) is 13.1 Å². The fraction of sp³-hybridized carbons (Fsp3) is 0.696. The normalized spacial score (nSPS) is 21.8. The van der Waals surface area contributed by atoms with Gasteiger partial charge in [0.25, 0.3) is 0 Å². The van der Waals surface area contributed by atoms with E-state index >= 15 is 0 Å². The summed E-state index contributed by atoms with van der Waals surface area (Å²) in [5, 5.41) is 0. The number of ether oxygens (including phenoxy) is 3. The minimum absolute atomic E-state index is 0.120. The van der Waals surface area contributed by atoms with E-state index in [-0.39, 0.29) is 11.8 Å². The Bertz CT molecular complexity index is 723. The molecule has 0 aromatic carbocycles. The number of morpholine rings is 2. The standard InChI is InChI=1S/C23H35N5O5/c29-22(27-6-12-32-13-7-27)18-25-4-10-31-11-5-26(17-21-3-1-2-20(16-25)24-21)19-23(30)28-8-14-33-15-9-28/h1-3H,4-19H2. The molecule has 33 heavy (non-hydrogen) atoms. The van der Waals surface area contributed by atoms with E-state index in [0.29, 0.717) is 105 Å². The van der Waals surface area contributed by atoms with Crippen LogP contribution in [0.3, 0.4) is 0 Å². The molecule has 3 aliphatic rings. The second-order valence-electron chi connectivity index (χ2n) is 8.64. The van der Waals surface area contributed by atoms with Crippen LogP contribution in [-0.4, -0.2) is 128 Å². The number of amides is 2. The van der Waals surface area contributed by atoms with E-state index in [0.717, 1.165) is 11.4 Å². The number of hydrogen-bond donors (Lipinski definition) is 0. The van der Waals surface area contributed by atoms with Crippen molar-refractivity contribution in [1.82, 2.24) is 24.6 Å². The minimum Gasteiger partial charge on any atom is -0.379 e. The molecule has 0 spiro atoms. The van der Waals surface area contributed by atoms with E-state index in [2.05, 4.69) is 9.80 Å². The highest BCUT2D eigenvalue weighted by Gasteiger charge is 2.22. The lowest BCUT2D eigenvalue weighted by atomic mass is 10.2. The van der Waals surface area contributed by atoms with Crippen molar-refractivity contribution in [2.75, 3.05) is 92.0 Å². The van der Waals surface area contributed by atoms with Crippen molar-refractivity contribution in [1.29, 1.82) is 0 Å². The molecule has 2 fully saturated rings. The van der Waals surface area contributed by atoms with Gasteiger partial charge in [0.1, 0.15) is 0 Å². The van der Waals surface area contributed by atoms with Gasteiger partial charge < -0.3 is 24.0 Å². The average molecular weight is 462 g/mol. The highest BCUT2D eigenvalue weighted by Crippen LogP contribution is 2.10. The smallest absolute Gasteiger partial charge is 0.236 e. The predicted octanol–water partition coefficient (Wildman–Crippen LogP) is -0.567. The van der Waals surface area contributed by atoms with E-state index in [1.165, 1.54) is 0 Å². The van der Waals surface area contributed by atoms with Gasteiger partial charge in [-0.1, -0.05) is 6.07 Å². The summed E-state index contributed by atoms with van der Waals surface area (Å²) in [5.41, 5.74) is 1.84. The molecule has 2 saturated heterocycles. The summed E-state index contributed by atoms with van der Waals surface area (Å²) in [7, 11) is 0. The van der Waals surface area contributed by atoms with Crippen molar-refractivity contribution in [3.63, 3.8) is 0 Å². The van der Waals surface area contributed by atoms with Crippen molar-refractivity contribution in [3.05, 3.63) is 29.6 Å². The van der Waals surface area contributed by atoms with Gasteiger partial charge in [-0.05, 0) is 12.1 Å². The van der Waals surface area contributed by atoms with Crippen LogP contribution in [-0.2, 0) is 36.9 Å². The van der Waals surface area contributed by atoms with Crippen molar-refractivity contribution in [3.8, 4) is 0 Å². The Balaban J connectivity index is 1.38. The molecule has 1 aromatic rings. The number of aromatic nitrogens is 1. The van der Waals surface area contributed by atoms with Crippen LogP contribution in [0.4, 0.5) is 0 Å². The van der Waals surface area contributed by atoms with Crippen LogP contribution < -0.4 is 0 Å². The first-order valence-corrected chi connectivity index (χ1v) is 11.9. The third-order valence-corrected chi connectivity index (χ3v) is 6.18. The molecule has 1 aromatic heterocycles. The van der Waals surface area contributed by atoms with Gasteiger partial charge >= 0.3 is 0 Å². The molecular formula is C23H35N5O5. The average Bonchev–Trinajstić information content (AvgIpc) is 2.84. The SMILES string of the molecule is O=C(CN1CCOCCN(CC(=O)N2CCOCC2)Cc2cccc(n2)C1)N1CCOCC1. The number of carbonyl (C=O) groups excluding carboxylic acids is 2. The summed E-state index contributed by atoms with van der Waals surface area (Å²) in [5.74, 6) is 0.240. The van der Waals surface area contributed by atoms with Gasteiger partial charge in [-0.2, -0.15) is 0 Å². The monoisotopic (exact) mass is 461 g/mol. The highest BCUT2D eigenvalue weighted by atomic mass is 16.5. The maximum absolute atomic E-state index is 12.8. The third-order valence-electron chi connectivity index (χ3n) is 6.18. The van der Waals surface area contributed by atoms with Gasteiger partial charge in [0.15, 0.2) is 0 Å². The Hall–Kier alpha value is -2.11. The number of hydrogen-bond acceptors (Lipinski definition) is 8. The first kappa shape index (κ1) is 24.0. The molecule has 0 N–H and O–H groups in total. The Kier molecular flexibility index (Phi) is 9.01. The molecule has 0 aliphatic carbocycles. The highest BCUT2D eigenvalue weighted by molar-refractivity contribution is 5.78. The zero-order chi connectivity index (χ0) is 22.9. The molecule has 4 heterocycles. The molecule has 3 aliphatic heterocycles. The predicted molar refractivity (Wildman–Crippen MR) is 120 cm³/mol.